The fraction of sp³-hybridized carbons (Fsp3) is 0.500. The number of ether oxygens (including phenoxy) is 1. The lowest BCUT2D eigenvalue weighted by molar-refractivity contribution is -0.151. The number of amides is 4. The van der Waals surface area contributed by atoms with Crippen molar-refractivity contribution in [3.63, 3.8) is 0 Å². The zero-order valence-electron chi connectivity index (χ0n) is 23.0. The van der Waals surface area contributed by atoms with Crippen molar-refractivity contribution in [3.8, 4) is 0 Å². The third-order valence-electron chi connectivity index (χ3n) is 9.47. The van der Waals surface area contributed by atoms with Crippen LogP contribution in [0.2, 0.25) is 0 Å². The van der Waals surface area contributed by atoms with E-state index in [-0.39, 0.29) is 48.6 Å². The summed E-state index contributed by atoms with van der Waals surface area (Å²) >= 11 is 0. The summed E-state index contributed by atoms with van der Waals surface area (Å²) < 4.78 is 6.42. The maximum Gasteiger partial charge on any atom is 0.254 e. The summed E-state index contributed by atoms with van der Waals surface area (Å²) in [5.41, 5.74) is 0.469. The molecule has 2 aromatic rings. The lowest BCUT2D eigenvalue weighted by Gasteiger charge is -2.50. The van der Waals surface area contributed by atoms with Crippen molar-refractivity contribution >= 4 is 23.6 Å². The van der Waals surface area contributed by atoms with Gasteiger partial charge in [0.25, 0.3) is 5.91 Å². The number of pyridine rings is 1. The molecule has 40 heavy (non-hydrogen) atoms. The van der Waals surface area contributed by atoms with Gasteiger partial charge in [0.1, 0.15) is 6.04 Å². The number of benzene rings is 1. The van der Waals surface area contributed by atoms with E-state index >= 15 is 0 Å². The Balaban J connectivity index is 1.33. The average Bonchev–Trinajstić information content (AvgIpc) is 3.30. The maximum atomic E-state index is 14.0. The number of nitrogens with zero attached hydrogens (tertiary/aromatic N) is 3. The first-order valence-electron chi connectivity index (χ1n) is 13.8. The van der Waals surface area contributed by atoms with E-state index in [2.05, 4.69) is 15.6 Å². The van der Waals surface area contributed by atoms with E-state index in [1.807, 2.05) is 49.1 Å². The van der Waals surface area contributed by atoms with Gasteiger partial charge in [-0.25, -0.2) is 0 Å². The van der Waals surface area contributed by atoms with Crippen LogP contribution >= 0.6 is 0 Å². The van der Waals surface area contributed by atoms with Gasteiger partial charge in [0.05, 0.1) is 18.6 Å². The van der Waals surface area contributed by atoms with Gasteiger partial charge in [-0.2, -0.15) is 0 Å². The highest BCUT2D eigenvalue weighted by atomic mass is 16.5. The molecule has 210 valence electrons. The van der Waals surface area contributed by atoms with Crippen LogP contribution in [-0.2, 0) is 25.7 Å². The Labute approximate surface area is 233 Å². The quantitative estimate of drug-likeness (QED) is 0.580. The minimum atomic E-state index is -0.990. The molecule has 4 saturated heterocycles. The third kappa shape index (κ3) is 4.25. The zero-order chi connectivity index (χ0) is 28.2. The van der Waals surface area contributed by atoms with Crippen LogP contribution in [0, 0.1) is 28.6 Å². The number of hydrogen-bond acceptors (Lipinski definition) is 6. The normalized spacial score (nSPS) is 29.7. The molecule has 5 heterocycles. The molecule has 10 nitrogen and oxygen atoms in total. The molecule has 1 spiro atoms. The molecule has 5 fully saturated rings. The highest BCUT2D eigenvalue weighted by molar-refractivity contribution is 5.96. The van der Waals surface area contributed by atoms with Gasteiger partial charge in [0.15, 0.2) is 0 Å². The van der Waals surface area contributed by atoms with Gasteiger partial charge >= 0.3 is 0 Å². The van der Waals surface area contributed by atoms with Crippen LogP contribution in [0.3, 0.4) is 0 Å². The molecule has 2 bridgehead atoms. The number of aromatic nitrogens is 1. The first-order valence-corrected chi connectivity index (χ1v) is 13.8. The van der Waals surface area contributed by atoms with E-state index in [0.29, 0.717) is 25.2 Å². The van der Waals surface area contributed by atoms with Crippen molar-refractivity contribution in [2.75, 3.05) is 33.2 Å². The summed E-state index contributed by atoms with van der Waals surface area (Å²) in [4.78, 5) is 61.9. The number of likely N-dealkylation sites (N-methyl/N-ethyl adjacent to an activating group) is 1. The Kier molecular flexibility index (Phi) is 6.40. The smallest absolute Gasteiger partial charge is 0.254 e. The van der Waals surface area contributed by atoms with Crippen LogP contribution < -0.4 is 10.6 Å². The minimum absolute atomic E-state index is 0.0246. The Morgan fingerprint density at radius 1 is 1.07 bits per heavy atom. The first kappa shape index (κ1) is 26.4. The van der Waals surface area contributed by atoms with Crippen LogP contribution in [0.5, 0.6) is 0 Å². The molecule has 4 amide bonds. The Morgan fingerprint density at radius 2 is 1.77 bits per heavy atom. The SMILES string of the molecule is CNC(=O)[C@H]1NC(=O)[C@H]2CN(C(=O)c3ccncc3)CC23CN(C3)C(=O)[C@H]2C([C@H]1OCc1ccccc1)C2(C)C. The highest BCUT2D eigenvalue weighted by Gasteiger charge is 2.70. The second-order valence-corrected chi connectivity index (χ2v) is 12.2. The lowest BCUT2D eigenvalue weighted by atomic mass is 9.71. The van der Waals surface area contributed by atoms with E-state index in [1.54, 1.807) is 29.4 Å². The summed E-state index contributed by atoms with van der Waals surface area (Å²) in [6, 6.07) is 12.0. The molecule has 1 saturated carbocycles. The molecule has 4 aliphatic heterocycles. The summed E-state index contributed by atoms with van der Waals surface area (Å²) in [7, 11) is 1.53. The average molecular weight is 546 g/mol. The summed E-state index contributed by atoms with van der Waals surface area (Å²) in [5, 5.41) is 5.72. The molecule has 2 N–H and O–H groups in total. The summed E-state index contributed by atoms with van der Waals surface area (Å²) in [6.45, 7) is 5.68. The number of hydrogen-bond donors (Lipinski definition) is 2. The number of carbonyl (C=O) groups excluding carboxylic acids is 4. The van der Waals surface area contributed by atoms with Gasteiger partial charge in [0.2, 0.25) is 17.7 Å². The number of rotatable bonds is 5. The van der Waals surface area contributed by atoms with Gasteiger partial charge in [-0.05, 0) is 23.1 Å². The third-order valence-corrected chi connectivity index (χ3v) is 9.47. The van der Waals surface area contributed by atoms with Gasteiger partial charge in [-0.15, -0.1) is 0 Å². The number of fused-ring (bicyclic) bond motifs is 3. The molecule has 1 unspecified atom stereocenters. The number of carbonyl (C=O) groups is 4. The molecular weight excluding hydrogens is 510 g/mol. The van der Waals surface area contributed by atoms with Gasteiger partial charge in [0, 0.05) is 68.4 Å². The second kappa shape index (κ2) is 9.69. The highest BCUT2D eigenvalue weighted by Crippen LogP contribution is 2.63. The van der Waals surface area contributed by atoms with Gasteiger partial charge < -0.3 is 25.2 Å². The Bertz CT molecular complexity index is 1330. The standard InChI is InChI=1S/C30H35N5O5/c1-29(2)21-22(29)28(39)35-16-30(17-35)15-34(27(38)19-9-11-32-12-10-19)13-20(30)25(36)33-23(26(37)31-3)24(21)40-14-18-7-5-4-6-8-18/h4-12,20-24H,13-17H2,1-3H3,(H,31,37)(H,33,36)/t20-,21?,22-,23+,24-/m1/s1. The van der Waals surface area contributed by atoms with Crippen LogP contribution in [0.25, 0.3) is 0 Å². The minimum Gasteiger partial charge on any atom is -0.371 e. The van der Waals surface area contributed by atoms with Crippen LogP contribution in [0.1, 0.15) is 29.8 Å². The number of nitrogens with one attached hydrogen (secondary N) is 2. The molecule has 5 atom stereocenters. The van der Waals surface area contributed by atoms with Crippen LogP contribution in [0.15, 0.2) is 54.9 Å². The van der Waals surface area contributed by atoms with Crippen molar-refractivity contribution in [2.24, 2.45) is 28.6 Å². The summed E-state index contributed by atoms with van der Waals surface area (Å²) in [6.07, 6.45) is 2.42. The first-order chi connectivity index (χ1) is 19.2. The topological polar surface area (TPSA) is 121 Å². The fourth-order valence-corrected chi connectivity index (χ4v) is 7.19. The van der Waals surface area contributed by atoms with E-state index in [4.69, 9.17) is 4.74 Å². The molecule has 1 aliphatic carbocycles. The second-order valence-electron chi connectivity index (χ2n) is 12.2. The van der Waals surface area contributed by atoms with Gasteiger partial charge in [-0.1, -0.05) is 44.2 Å². The van der Waals surface area contributed by atoms with E-state index in [1.165, 1.54) is 7.05 Å². The van der Waals surface area contributed by atoms with Crippen molar-refractivity contribution < 1.29 is 23.9 Å². The number of likely N-dealkylation sites (tertiary alicyclic amines) is 1. The predicted molar refractivity (Wildman–Crippen MR) is 144 cm³/mol. The molecule has 10 heteroatoms. The maximum absolute atomic E-state index is 14.0. The van der Waals surface area contributed by atoms with Crippen LogP contribution in [0.4, 0.5) is 0 Å². The van der Waals surface area contributed by atoms with Crippen molar-refractivity contribution in [3.05, 3.63) is 66.0 Å². The molecule has 7 rings (SSSR count). The molecule has 1 aromatic heterocycles. The fourth-order valence-electron chi connectivity index (χ4n) is 7.19. The van der Waals surface area contributed by atoms with Crippen molar-refractivity contribution in [2.45, 2.75) is 32.6 Å². The molecular formula is C30H35N5O5. The zero-order valence-corrected chi connectivity index (χ0v) is 23.0. The molecule has 0 radical (unpaired) electrons. The van der Waals surface area contributed by atoms with E-state index < -0.39 is 28.9 Å². The predicted octanol–water partition coefficient (Wildman–Crippen LogP) is 1.08. The Morgan fingerprint density at radius 3 is 2.45 bits per heavy atom. The van der Waals surface area contributed by atoms with Crippen molar-refractivity contribution in [1.29, 1.82) is 0 Å². The monoisotopic (exact) mass is 545 g/mol. The van der Waals surface area contributed by atoms with E-state index in [0.717, 1.165) is 5.56 Å². The lowest BCUT2D eigenvalue weighted by Crippen LogP contribution is -2.65. The molecule has 5 aliphatic rings. The largest absolute Gasteiger partial charge is 0.371 e. The van der Waals surface area contributed by atoms with Crippen LogP contribution in [-0.4, -0.2) is 83.8 Å². The Hall–Kier alpha value is -3.79. The van der Waals surface area contributed by atoms with E-state index in [9.17, 15) is 19.2 Å². The molecule has 1 aromatic carbocycles. The van der Waals surface area contributed by atoms with Crippen molar-refractivity contribution in [1.82, 2.24) is 25.4 Å². The van der Waals surface area contributed by atoms with Gasteiger partial charge in [-0.3, -0.25) is 24.2 Å². The summed E-state index contributed by atoms with van der Waals surface area (Å²) in [5.74, 6) is -1.96.